The van der Waals surface area contributed by atoms with Crippen molar-refractivity contribution in [1.29, 1.82) is 0 Å². The Hall–Kier alpha value is -1.42. The van der Waals surface area contributed by atoms with Crippen LogP contribution in [0.1, 0.15) is 0 Å². The lowest BCUT2D eigenvalue weighted by Crippen LogP contribution is -1.82. The van der Waals surface area contributed by atoms with Crippen molar-refractivity contribution in [2.75, 3.05) is 0 Å². The van der Waals surface area contributed by atoms with Gasteiger partial charge < -0.3 is 5.10 Å². The van der Waals surface area contributed by atoms with Crippen molar-refractivity contribution in [3.63, 3.8) is 0 Å². The van der Waals surface area contributed by atoms with Gasteiger partial charge in [-0.15, -0.1) is 0 Å². The molecule has 0 aliphatic heterocycles. The molecule has 1 aromatic carbocycles. The topological polar surface area (TPSA) is 52.8 Å². The Bertz CT molecular complexity index is 371. The monoisotopic (exact) mass is 179 g/mol. The van der Waals surface area contributed by atoms with E-state index >= 15 is 0 Å². The number of hydrogen-bond donors (Lipinski definition) is 0. The molecule has 1 aromatic heterocycles. The molecule has 1 heterocycles. The van der Waals surface area contributed by atoms with E-state index in [1.54, 1.807) is 12.1 Å². The van der Waals surface area contributed by atoms with E-state index in [9.17, 15) is 0 Å². The van der Waals surface area contributed by atoms with Gasteiger partial charge in [0, 0.05) is 10.8 Å². The minimum Gasteiger partial charge on any atom is -0.330 e. The highest BCUT2D eigenvalue weighted by molar-refractivity contribution is 6.30. The zero-order chi connectivity index (χ0) is 8.39. The van der Waals surface area contributed by atoms with E-state index < -0.39 is 0 Å². The zero-order valence-electron chi connectivity index (χ0n) is 5.98. The third kappa shape index (κ3) is 1.29. The van der Waals surface area contributed by atoms with Crippen molar-refractivity contribution in [1.82, 2.24) is 20.6 Å². The minimum atomic E-state index is 0.498. The molecule has 60 valence electrons. The molecule has 0 N–H and O–H groups in total. The number of tetrazole rings is 1. The maximum Gasteiger partial charge on any atom is 0.0412 e. The molecular weight excluding hydrogens is 176 g/mol. The standard InChI is InChI=1S/C7H4ClN4/c8-6-3-1-2-5(4-6)7-9-11-12-10-7/h1-4H/q-1. The highest BCUT2D eigenvalue weighted by atomic mass is 35.5. The summed E-state index contributed by atoms with van der Waals surface area (Å²) in [6.45, 7) is 0. The lowest BCUT2D eigenvalue weighted by molar-refractivity contribution is 0.871. The maximum absolute atomic E-state index is 5.77. The molecule has 0 bridgehead atoms. The molecule has 2 aromatic rings. The summed E-state index contributed by atoms with van der Waals surface area (Å²) in [7, 11) is 0. The zero-order valence-corrected chi connectivity index (χ0v) is 6.73. The van der Waals surface area contributed by atoms with Crippen LogP contribution in [0.4, 0.5) is 0 Å². The van der Waals surface area contributed by atoms with Crippen molar-refractivity contribution in [3.8, 4) is 11.4 Å². The maximum atomic E-state index is 5.77. The van der Waals surface area contributed by atoms with Crippen LogP contribution in [0.2, 0.25) is 5.02 Å². The molecule has 0 aliphatic rings. The quantitative estimate of drug-likeness (QED) is 0.659. The molecule has 0 atom stereocenters. The average molecular weight is 180 g/mol. The van der Waals surface area contributed by atoms with Crippen LogP contribution in [-0.4, -0.2) is 15.5 Å². The molecule has 0 fully saturated rings. The molecular formula is C7H4ClN4-. The first-order chi connectivity index (χ1) is 5.86. The molecule has 5 heteroatoms. The van der Waals surface area contributed by atoms with Gasteiger partial charge in [-0.3, -0.25) is 10.3 Å². The smallest absolute Gasteiger partial charge is 0.0412 e. The summed E-state index contributed by atoms with van der Waals surface area (Å²) in [5, 5.41) is 14.8. The van der Waals surface area contributed by atoms with Gasteiger partial charge >= 0.3 is 0 Å². The van der Waals surface area contributed by atoms with E-state index in [1.165, 1.54) is 0 Å². The number of nitrogens with zero attached hydrogens (tertiary/aromatic N) is 4. The molecule has 12 heavy (non-hydrogen) atoms. The van der Waals surface area contributed by atoms with E-state index in [1.807, 2.05) is 12.1 Å². The van der Waals surface area contributed by atoms with Gasteiger partial charge in [0.05, 0.1) is 0 Å². The Labute approximate surface area is 73.6 Å². The molecule has 0 saturated heterocycles. The fraction of sp³-hybridized carbons (Fsp3) is 0. The summed E-state index contributed by atoms with van der Waals surface area (Å²) in [6, 6.07) is 7.23. The van der Waals surface area contributed by atoms with Crippen LogP contribution in [0.5, 0.6) is 0 Å². The van der Waals surface area contributed by atoms with Gasteiger partial charge in [0.2, 0.25) is 0 Å². The molecule has 0 unspecified atom stereocenters. The Balaban J connectivity index is 2.48. The lowest BCUT2D eigenvalue weighted by atomic mass is 10.2. The number of rotatable bonds is 1. The predicted molar refractivity (Wildman–Crippen MR) is 43.6 cm³/mol. The minimum absolute atomic E-state index is 0.498. The number of aromatic nitrogens is 4. The summed E-state index contributed by atoms with van der Waals surface area (Å²) in [5.74, 6) is 0.498. The Morgan fingerprint density at radius 2 is 2.25 bits per heavy atom. The Morgan fingerprint density at radius 1 is 1.33 bits per heavy atom. The van der Waals surface area contributed by atoms with E-state index in [0.29, 0.717) is 10.8 Å². The van der Waals surface area contributed by atoms with Crippen LogP contribution >= 0.6 is 11.6 Å². The Morgan fingerprint density at radius 3 is 2.92 bits per heavy atom. The van der Waals surface area contributed by atoms with Gasteiger partial charge in [-0.25, -0.2) is 0 Å². The highest BCUT2D eigenvalue weighted by Gasteiger charge is 1.94. The summed E-state index contributed by atoms with van der Waals surface area (Å²) in [4.78, 5) is 0. The van der Waals surface area contributed by atoms with E-state index in [4.69, 9.17) is 11.6 Å². The second-order valence-corrected chi connectivity index (χ2v) is 2.65. The SMILES string of the molecule is Clc1cccc(-c2nnn[n-]2)c1. The predicted octanol–water partition coefficient (Wildman–Crippen LogP) is 1.15. The van der Waals surface area contributed by atoms with Crippen LogP contribution < -0.4 is 5.10 Å². The second kappa shape index (κ2) is 2.91. The van der Waals surface area contributed by atoms with Crippen molar-refractivity contribution in [2.24, 2.45) is 0 Å². The van der Waals surface area contributed by atoms with E-state index in [2.05, 4.69) is 20.6 Å². The van der Waals surface area contributed by atoms with Crippen molar-refractivity contribution in [2.45, 2.75) is 0 Å². The number of hydrogen-bond acceptors (Lipinski definition) is 3. The summed E-state index contributed by atoms with van der Waals surface area (Å²) >= 11 is 5.77. The van der Waals surface area contributed by atoms with Crippen LogP contribution in [0.25, 0.3) is 11.4 Å². The molecule has 0 saturated carbocycles. The molecule has 0 spiro atoms. The van der Waals surface area contributed by atoms with E-state index in [-0.39, 0.29) is 0 Å². The van der Waals surface area contributed by atoms with Gasteiger partial charge in [-0.2, -0.15) is 5.21 Å². The molecule has 2 rings (SSSR count). The highest BCUT2D eigenvalue weighted by Crippen LogP contribution is 2.17. The fourth-order valence-electron chi connectivity index (χ4n) is 0.888. The van der Waals surface area contributed by atoms with Crippen molar-refractivity contribution < 1.29 is 0 Å². The fourth-order valence-corrected chi connectivity index (χ4v) is 1.08. The first-order valence-electron chi connectivity index (χ1n) is 3.31. The summed E-state index contributed by atoms with van der Waals surface area (Å²) < 4.78 is 0. The van der Waals surface area contributed by atoms with E-state index in [0.717, 1.165) is 5.56 Å². The molecule has 0 amide bonds. The van der Waals surface area contributed by atoms with Gasteiger partial charge in [0.25, 0.3) is 0 Å². The second-order valence-electron chi connectivity index (χ2n) is 2.21. The van der Waals surface area contributed by atoms with Gasteiger partial charge in [-0.05, 0) is 17.7 Å². The van der Waals surface area contributed by atoms with Gasteiger partial charge in [0.15, 0.2) is 0 Å². The van der Waals surface area contributed by atoms with Gasteiger partial charge in [-0.1, -0.05) is 23.7 Å². The van der Waals surface area contributed by atoms with Crippen LogP contribution in [0.15, 0.2) is 24.3 Å². The third-order valence-electron chi connectivity index (χ3n) is 1.40. The van der Waals surface area contributed by atoms with Crippen LogP contribution in [0.3, 0.4) is 0 Å². The first-order valence-corrected chi connectivity index (χ1v) is 3.69. The third-order valence-corrected chi connectivity index (χ3v) is 1.64. The van der Waals surface area contributed by atoms with Crippen LogP contribution in [-0.2, 0) is 0 Å². The van der Waals surface area contributed by atoms with Crippen molar-refractivity contribution in [3.05, 3.63) is 29.3 Å². The Kier molecular flexibility index (Phi) is 1.75. The molecule has 0 radical (unpaired) electrons. The lowest BCUT2D eigenvalue weighted by Gasteiger charge is -1.98. The molecule has 4 nitrogen and oxygen atoms in total. The largest absolute Gasteiger partial charge is 0.330 e. The first kappa shape index (κ1) is 7.24. The normalized spacial score (nSPS) is 10.1. The summed E-state index contributed by atoms with van der Waals surface area (Å²) in [5.41, 5.74) is 0.826. The van der Waals surface area contributed by atoms with Gasteiger partial charge in [0.1, 0.15) is 0 Å². The average Bonchev–Trinajstić information content (AvgIpc) is 2.56. The summed E-state index contributed by atoms with van der Waals surface area (Å²) in [6.07, 6.45) is 0. The van der Waals surface area contributed by atoms with Crippen molar-refractivity contribution >= 4 is 11.6 Å². The molecule has 0 aliphatic carbocycles. The number of halogens is 1. The number of benzene rings is 1. The van der Waals surface area contributed by atoms with Crippen LogP contribution in [0, 0.1) is 0 Å².